The molecule has 2 aromatic carbocycles. The third-order valence-corrected chi connectivity index (χ3v) is 5.55. The Morgan fingerprint density at radius 2 is 2.03 bits per heavy atom. The molecule has 0 bridgehead atoms. The van der Waals surface area contributed by atoms with Crippen molar-refractivity contribution in [3.05, 3.63) is 58.4 Å². The van der Waals surface area contributed by atoms with Crippen LogP contribution in [0.15, 0.2) is 36.4 Å². The number of hydrogen-bond acceptors (Lipinski definition) is 4. The van der Waals surface area contributed by atoms with Gasteiger partial charge in [0, 0.05) is 35.8 Å². The SMILES string of the molecule is O=C1CCc2cc(N3C(=O)C(O)(C(=O)NCc4cc(F)cc(Cl)c4)CC3F)ccc2N1. The standard InChI is InChI=1S/C21H18ClF2N3O4/c22-13-5-11(6-14(23)8-13)10-25-19(29)21(31)9-17(24)27(20(21)30)15-2-3-16-12(7-15)1-4-18(28)26-16/h2-3,5-8,17,31H,1,4,9-10H2,(H,25,29)(H,26,28). The van der Waals surface area contributed by atoms with E-state index in [-0.39, 0.29) is 29.6 Å². The molecule has 2 aliphatic heterocycles. The van der Waals surface area contributed by atoms with Crippen LogP contribution in [0.2, 0.25) is 5.02 Å². The summed E-state index contributed by atoms with van der Waals surface area (Å²) in [5.74, 6) is -2.93. The molecule has 0 spiro atoms. The minimum Gasteiger partial charge on any atom is -0.371 e. The lowest BCUT2D eigenvalue weighted by molar-refractivity contribution is -0.149. The zero-order chi connectivity index (χ0) is 22.3. The van der Waals surface area contributed by atoms with Gasteiger partial charge >= 0.3 is 0 Å². The van der Waals surface area contributed by atoms with Gasteiger partial charge in [-0.2, -0.15) is 0 Å². The Bertz CT molecular complexity index is 1080. The number of carbonyl (C=O) groups excluding carboxylic acids is 3. The quantitative estimate of drug-likeness (QED) is 0.493. The molecule has 3 N–H and O–H groups in total. The molecule has 4 rings (SSSR count). The lowest BCUT2D eigenvalue weighted by atomic mass is 10.0. The first-order valence-electron chi connectivity index (χ1n) is 9.53. The number of rotatable bonds is 4. The minimum atomic E-state index is -2.61. The first kappa shape index (κ1) is 21.2. The van der Waals surface area contributed by atoms with E-state index >= 15 is 0 Å². The molecular formula is C21H18ClF2N3O4. The predicted octanol–water partition coefficient (Wildman–Crippen LogP) is 2.44. The molecule has 7 nitrogen and oxygen atoms in total. The van der Waals surface area contributed by atoms with Crippen LogP contribution in [0.1, 0.15) is 24.0 Å². The Hall–Kier alpha value is -3.04. The van der Waals surface area contributed by atoms with E-state index in [4.69, 9.17) is 11.6 Å². The number of alkyl halides is 1. The summed E-state index contributed by atoms with van der Waals surface area (Å²) in [6.45, 7) is -0.207. The topological polar surface area (TPSA) is 98.7 Å². The van der Waals surface area contributed by atoms with E-state index in [9.17, 15) is 28.3 Å². The van der Waals surface area contributed by atoms with Crippen LogP contribution in [-0.2, 0) is 27.3 Å². The Balaban J connectivity index is 1.52. The van der Waals surface area contributed by atoms with Crippen LogP contribution in [0.5, 0.6) is 0 Å². The summed E-state index contributed by atoms with van der Waals surface area (Å²) in [5, 5.41) is 15.8. The minimum absolute atomic E-state index is 0.124. The summed E-state index contributed by atoms with van der Waals surface area (Å²) in [6, 6.07) is 8.19. The van der Waals surface area contributed by atoms with E-state index in [0.717, 1.165) is 22.6 Å². The number of carbonyl (C=O) groups is 3. The van der Waals surface area contributed by atoms with Gasteiger partial charge in [-0.05, 0) is 53.9 Å². The number of halogens is 3. The Kier molecular flexibility index (Phi) is 5.40. The summed E-state index contributed by atoms with van der Waals surface area (Å²) in [4.78, 5) is 37.6. The number of benzene rings is 2. The summed E-state index contributed by atoms with van der Waals surface area (Å²) >= 11 is 5.77. The van der Waals surface area contributed by atoms with Gasteiger partial charge in [0.2, 0.25) is 11.5 Å². The monoisotopic (exact) mass is 449 g/mol. The zero-order valence-corrected chi connectivity index (χ0v) is 16.9. The van der Waals surface area contributed by atoms with Crippen LogP contribution >= 0.6 is 11.6 Å². The molecule has 162 valence electrons. The number of fused-ring (bicyclic) bond motifs is 1. The molecule has 2 atom stereocenters. The summed E-state index contributed by atoms with van der Waals surface area (Å²) < 4.78 is 28.2. The maximum Gasteiger partial charge on any atom is 0.271 e. The lowest BCUT2D eigenvalue weighted by Gasteiger charge is -2.24. The van der Waals surface area contributed by atoms with Crippen molar-refractivity contribution in [2.24, 2.45) is 0 Å². The normalized spacial score (nSPS) is 22.8. The second kappa shape index (κ2) is 7.90. The second-order valence-corrected chi connectivity index (χ2v) is 7.96. The highest BCUT2D eigenvalue weighted by Gasteiger charge is 2.56. The van der Waals surface area contributed by atoms with E-state index in [2.05, 4.69) is 10.6 Å². The largest absolute Gasteiger partial charge is 0.371 e. The molecule has 0 aromatic heterocycles. The molecule has 2 heterocycles. The van der Waals surface area contributed by atoms with Gasteiger partial charge < -0.3 is 15.7 Å². The molecule has 3 amide bonds. The summed E-state index contributed by atoms with van der Waals surface area (Å²) in [6.07, 6.45) is -1.99. The van der Waals surface area contributed by atoms with E-state index < -0.39 is 35.9 Å². The molecule has 0 radical (unpaired) electrons. The number of aryl methyl sites for hydroxylation is 1. The van der Waals surface area contributed by atoms with Gasteiger partial charge in [0.15, 0.2) is 6.30 Å². The number of aliphatic hydroxyl groups is 1. The first-order valence-corrected chi connectivity index (χ1v) is 9.91. The van der Waals surface area contributed by atoms with Crippen LogP contribution in [-0.4, -0.2) is 34.7 Å². The Labute approximate surface area is 181 Å². The molecule has 1 saturated heterocycles. The van der Waals surface area contributed by atoms with Gasteiger partial charge in [0.05, 0.1) is 0 Å². The summed E-state index contributed by atoms with van der Waals surface area (Å²) in [5.41, 5.74) is -0.824. The van der Waals surface area contributed by atoms with Crippen molar-refractivity contribution >= 4 is 40.7 Å². The highest BCUT2D eigenvalue weighted by molar-refractivity contribution is 6.30. The maximum absolute atomic E-state index is 14.8. The van der Waals surface area contributed by atoms with Crippen molar-refractivity contribution in [3.8, 4) is 0 Å². The second-order valence-electron chi connectivity index (χ2n) is 7.52. The fourth-order valence-electron chi connectivity index (χ4n) is 3.78. The van der Waals surface area contributed by atoms with Crippen LogP contribution in [0.25, 0.3) is 0 Å². The highest BCUT2D eigenvalue weighted by atomic mass is 35.5. The van der Waals surface area contributed by atoms with Crippen molar-refractivity contribution in [2.75, 3.05) is 10.2 Å². The van der Waals surface area contributed by atoms with Gasteiger partial charge in [-0.1, -0.05) is 11.6 Å². The van der Waals surface area contributed by atoms with Crippen molar-refractivity contribution < 1.29 is 28.3 Å². The number of amides is 3. The molecular weight excluding hydrogens is 432 g/mol. The fourth-order valence-corrected chi connectivity index (χ4v) is 4.02. The smallest absolute Gasteiger partial charge is 0.271 e. The van der Waals surface area contributed by atoms with Crippen LogP contribution in [0.3, 0.4) is 0 Å². The molecule has 10 heteroatoms. The molecule has 0 aliphatic carbocycles. The molecule has 2 aromatic rings. The molecule has 1 fully saturated rings. The van der Waals surface area contributed by atoms with Crippen molar-refractivity contribution in [1.29, 1.82) is 0 Å². The van der Waals surface area contributed by atoms with Crippen LogP contribution < -0.4 is 15.5 Å². The Morgan fingerprint density at radius 1 is 1.26 bits per heavy atom. The van der Waals surface area contributed by atoms with Crippen molar-refractivity contribution in [3.63, 3.8) is 0 Å². The maximum atomic E-state index is 14.8. The number of anilines is 2. The predicted molar refractivity (Wildman–Crippen MR) is 109 cm³/mol. The van der Waals surface area contributed by atoms with Gasteiger partial charge in [-0.15, -0.1) is 0 Å². The number of nitrogens with zero attached hydrogens (tertiary/aromatic N) is 1. The molecule has 2 unspecified atom stereocenters. The van der Waals surface area contributed by atoms with E-state index in [1.165, 1.54) is 12.1 Å². The van der Waals surface area contributed by atoms with E-state index in [1.54, 1.807) is 12.1 Å². The Morgan fingerprint density at radius 3 is 2.77 bits per heavy atom. The van der Waals surface area contributed by atoms with E-state index in [0.29, 0.717) is 17.7 Å². The third-order valence-electron chi connectivity index (χ3n) is 5.33. The number of nitrogens with one attached hydrogen (secondary N) is 2. The van der Waals surface area contributed by atoms with Crippen molar-refractivity contribution in [1.82, 2.24) is 5.32 Å². The van der Waals surface area contributed by atoms with Crippen LogP contribution in [0.4, 0.5) is 20.2 Å². The summed E-state index contributed by atoms with van der Waals surface area (Å²) in [7, 11) is 0. The molecule has 0 saturated carbocycles. The highest BCUT2D eigenvalue weighted by Crippen LogP contribution is 2.36. The third kappa shape index (κ3) is 3.98. The molecule has 31 heavy (non-hydrogen) atoms. The van der Waals surface area contributed by atoms with Crippen molar-refractivity contribution in [2.45, 2.75) is 37.7 Å². The molecule has 2 aliphatic rings. The van der Waals surface area contributed by atoms with Gasteiger partial charge in [-0.3, -0.25) is 19.3 Å². The average molecular weight is 450 g/mol. The van der Waals surface area contributed by atoms with Crippen LogP contribution in [0, 0.1) is 5.82 Å². The number of hydrogen-bond donors (Lipinski definition) is 3. The zero-order valence-electron chi connectivity index (χ0n) is 16.1. The van der Waals surface area contributed by atoms with Gasteiger partial charge in [0.1, 0.15) is 5.82 Å². The first-order chi connectivity index (χ1) is 14.7. The average Bonchev–Trinajstić information content (AvgIpc) is 2.94. The lowest BCUT2D eigenvalue weighted by Crippen LogP contribution is -2.52. The van der Waals surface area contributed by atoms with Gasteiger partial charge in [-0.25, -0.2) is 8.78 Å². The van der Waals surface area contributed by atoms with E-state index in [1.807, 2.05) is 0 Å². The van der Waals surface area contributed by atoms with Gasteiger partial charge in [0.25, 0.3) is 11.8 Å². The fraction of sp³-hybridized carbons (Fsp3) is 0.286.